The summed E-state index contributed by atoms with van der Waals surface area (Å²) in [5, 5.41) is 2.83. The number of nitrogen functional groups attached to an aromatic ring is 2. The number of nitrogens with one attached hydrogen (secondary N) is 1. The van der Waals surface area contributed by atoms with Crippen molar-refractivity contribution in [1.82, 2.24) is 0 Å². The summed E-state index contributed by atoms with van der Waals surface area (Å²) in [6.45, 7) is 0. The number of amides is 1. The number of carbonyl (C=O) groups is 1. The van der Waals surface area contributed by atoms with E-state index in [9.17, 15) is 4.79 Å². The van der Waals surface area contributed by atoms with Crippen LogP contribution < -0.4 is 22.5 Å². The van der Waals surface area contributed by atoms with Crippen molar-refractivity contribution in [2.24, 2.45) is 5.73 Å². The minimum absolute atomic E-state index is 0.276. The van der Waals surface area contributed by atoms with E-state index >= 15 is 0 Å². The van der Waals surface area contributed by atoms with Crippen LogP contribution in [0, 0.1) is 0 Å². The van der Waals surface area contributed by atoms with Crippen LogP contribution in [0.4, 0.5) is 17.1 Å². The normalized spacial score (nSPS) is 9.62. The number of carbonyl (C=O) groups excluding carboxylic acids is 1. The van der Waals surface area contributed by atoms with Crippen LogP contribution in [0.25, 0.3) is 0 Å². The highest BCUT2D eigenvalue weighted by Gasteiger charge is 2.08. The van der Waals surface area contributed by atoms with Crippen LogP contribution in [-0.4, -0.2) is 13.0 Å². The number of benzene rings is 1. The zero-order valence-corrected chi connectivity index (χ0v) is 7.29. The Kier molecular flexibility index (Phi) is 2.27. The first-order chi connectivity index (χ1) is 6.06. The molecular weight excluding hydrogens is 168 g/mol. The van der Waals surface area contributed by atoms with Crippen molar-refractivity contribution >= 4 is 23.0 Å². The maximum absolute atomic E-state index is 10.9. The first-order valence-corrected chi connectivity index (χ1v) is 3.72. The highest BCUT2D eigenvalue weighted by molar-refractivity contribution is 6.00. The van der Waals surface area contributed by atoms with Gasteiger partial charge >= 0.3 is 0 Å². The Morgan fingerprint density at radius 1 is 1.31 bits per heavy atom. The summed E-state index contributed by atoms with van der Waals surface area (Å²) < 4.78 is 0. The minimum atomic E-state index is -0.561. The summed E-state index contributed by atoms with van der Waals surface area (Å²) in [5.41, 5.74) is 17.9. The van der Waals surface area contributed by atoms with Gasteiger partial charge in [0.1, 0.15) is 0 Å². The molecule has 0 atom stereocenters. The Morgan fingerprint density at radius 2 is 1.92 bits per heavy atom. The van der Waals surface area contributed by atoms with Gasteiger partial charge in [-0.2, -0.15) is 0 Å². The third-order valence-corrected chi connectivity index (χ3v) is 1.76. The molecule has 0 spiro atoms. The summed E-state index contributed by atoms with van der Waals surface area (Å²) in [6.07, 6.45) is 0. The molecular formula is C8H12N4O. The Balaban J connectivity index is 3.30. The van der Waals surface area contributed by atoms with Crippen LogP contribution in [0.15, 0.2) is 12.1 Å². The van der Waals surface area contributed by atoms with Crippen LogP contribution in [0.2, 0.25) is 0 Å². The average molecular weight is 180 g/mol. The number of rotatable bonds is 2. The molecule has 0 aliphatic rings. The average Bonchev–Trinajstić information content (AvgIpc) is 2.03. The van der Waals surface area contributed by atoms with Gasteiger partial charge in [-0.3, -0.25) is 4.79 Å². The molecule has 1 aromatic rings. The molecule has 1 amide bonds. The predicted octanol–water partition coefficient (Wildman–Crippen LogP) is -0.00840. The Morgan fingerprint density at radius 3 is 2.38 bits per heavy atom. The molecule has 0 unspecified atom stereocenters. The fourth-order valence-corrected chi connectivity index (χ4v) is 1.06. The van der Waals surface area contributed by atoms with Gasteiger partial charge in [0.05, 0.1) is 16.9 Å². The SMILES string of the molecule is CNc1cc(C(N)=O)c(N)cc1N. The zero-order chi connectivity index (χ0) is 10.0. The van der Waals surface area contributed by atoms with Crippen LogP contribution in [-0.2, 0) is 0 Å². The van der Waals surface area contributed by atoms with Gasteiger partial charge in [0.2, 0.25) is 0 Å². The Bertz CT molecular complexity index is 348. The molecule has 7 N–H and O–H groups in total. The molecule has 0 aromatic heterocycles. The number of primary amides is 1. The highest BCUT2D eigenvalue weighted by atomic mass is 16.1. The molecule has 5 heteroatoms. The third-order valence-electron chi connectivity index (χ3n) is 1.76. The Hall–Kier alpha value is -1.91. The molecule has 1 rings (SSSR count). The standard InChI is InChI=1S/C8H12N4O/c1-12-7-2-4(8(11)13)5(9)3-6(7)10/h2-3,12H,9-10H2,1H3,(H2,11,13). The van der Waals surface area contributed by atoms with Crippen LogP contribution in [0.3, 0.4) is 0 Å². The molecule has 1 aromatic carbocycles. The van der Waals surface area contributed by atoms with Crippen LogP contribution in [0.5, 0.6) is 0 Å². The monoisotopic (exact) mass is 180 g/mol. The molecule has 0 aliphatic heterocycles. The van der Waals surface area contributed by atoms with Gasteiger partial charge in [0.25, 0.3) is 5.91 Å². The lowest BCUT2D eigenvalue weighted by molar-refractivity contribution is 0.100. The molecule has 0 heterocycles. The van der Waals surface area contributed by atoms with E-state index in [1.165, 1.54) is 12.1 Å². The molecule has 13 heavy (non-hydrogen) atoms. The van der Waals surface area contributed by atoms with Crippen molar-refractivity contribution in [3.05, 3.63) is 17.7 Å². The summed E-state index contributed by atoms with van der Waals surface area (Å²) in [5.74, 6) is -0.561. The molecule has 0 aliphatic carbocycles. The number of nitrogens with two attached hydrogens (primary N) is 3. The molecule has 70 valence electrons. The van der Waals surface area contributed by atoms with Gasteiger partial charge < -0.3 is 22.5 Å². The second kappa shape index (κ2) is 3.22. The van der Waals surface area contributed by atoms with Gasteiger partial charge in [0, 0.05) is 12.7 Å². The fourth-order valence-electron chi connectivity index (χ4n) is 1.06. The van der Waals surface area contributed by atoms with Crippen molar-refractivity contribution in [3.8, 4) is 0 Å². The minimum Gasteiger partial charge on any atom is -0.398 e. The molecule has 0 saturated heterocycles. The number of hydrogen-bond donors (Lipinski definition) is 4. The second-order valence-electron chi connectivity index (χ2n) is 2.64. The fraction of sp³-hybridized carbons (Fsp3) is 0.125. The van der Waals surface area contributed by atoms with E-state index in [0.29, 0.717) is 17.1 Å². The first kappa shape index (κ1) is 9.18. The lowest BCUT2D eigenvalue weighted by atomic mass is 10.1. The lowest BCUT2D eigenvalue weighted by Gasteiger charge is -2.08. The van der Waals surface area contributed by atoms with E-state index in [2.05, 4.69) is 5.32 Å². The van der Waals surface area contributed by atoms with Crippen molar-refractivity contribution in [2.75, 3.05) is 23.8 Å². The maximum Gasteiger partial charge on any atom is 0.250 e. The number of anilines is 3. The smallest absolute Gasteiger partial charge is 0.250 e. The van der Waals surface area contributed by atoms with E-state index in [-0.39, 0.29) is 5.56 Å². The van der Waals surface area contributed by atoms with Gasteiger partial charge in [-0.15, -0.1) is 0 Å². The molecule has 0 bridgehead atoms. The summed E-state index contributed by atoms with van der Waals surface area (Å²) in [6, 6.07) is 3.04. The molecule has 0 saturated carbocycles. The van der Waals surface area contributed by atoms with E-state index in [1.54, 1.807) is 7.05 Å². The van der Waals surface area contributed by atoms with Crippen LogP contribution >= 0.6 is 0 Å². The summed E-state index contributed by atoms with van der Waals surface area (Å²) in [4.78, 5) is 10.9. The Labute approximate surface area is 75.9 Å². The molecule has 5 nitrogen and oxygen atoms in total. The largest absolute Gasteiger partial charge is 0.398 e. The molecule has 0 fully saturated rings. The van der Waals surface area contributed by atoms with E-state index in [0.717, 1.165) is 0 Å². The van der Waals surface area contributed by atoms with E-state index in [1.807, 2.05) is 0 Å². The van der Waals surface area contributed by atoms with Gasteiger partial charge in [0.15, 0.2) is 0 Å². The summed E-state index contributed by atoms with van der Waals surface area (Å²) in [7, 11) is 1.70. The highest BCUT2D eigenvalue weighted by Crippen LogP contribution is 2.24. The maximum atomic E-state index is 10.9. The number of hydrogen-bond acceptors (Lipinski definition) is 4. The molecule has 0 radical (unpaired) electrons. The first-order valence-electron chi connectivity index (χ1n) is 3.72. The van der Waals surface area contributed by atoms with E-state index < -0.39 is 5.91 Å². The van der Waals surface area contributed by atoms with Gasteiger partial charge in [-0.25, -0.2) is 0 Å². The van der Waals surface area contributed by atoms with Crippen molar-refractivity contribution < 1.29 is 4.79 Å². The van der Waals surface area contributed by atoms with Gasteiger partial charge in [-0.1, -0.05) is 0 Å². The zero-order valence-electron chi connectivity index (χ0n) is 7.29. The third kappa shape index (κ3) is 1.64. The quantitative estimate of drug-likeness (QED) is 0.480. The van der Waals surface area contributed by atoms with Gasteiger partial charge in [-0.05, 0) is 12.1 Å². The van der Waals surface area contributed by atoms with Crippen molar-refractivity contribution in [3.63, 3.8) is 0 Å². The van der Waals surface area contributed by atoms with Crippen molar-refractivity contribution in [1.29, 1.82) is 0 Å². The van der Waals surface area contributed by atoms with Crippen molar-refractivity contribution in [2.45, 2.75) is 0 Å². The van der Waals surface area contributed by atoms with E-state index in [4.69, 9.17) is 17.2 Å². The second-order valence-corrected chi connectivity index (χ2v) is 2.64. The van der Waals surface area contributed by atoms with Crippen LogP contribution in [0.1, 0.15) is 10.4 Å². The predicted molar refractivity (Wildman–Crippen MR) is 53.3 cm³/mol. The lowest BCUT2D eigenvalue weighted by Crippen LogP contribution is -2.14. The topological polar surface area (TPSA) is 107 Å². The summed E-state index contributed by atoms with van der Waals surface area (Å²) >= 11 is 0.